The van der Waals surface area contributed by atoms with Crippen LogP contribution >= 0.6 is 0 Å². The van der Waals surface area contributed by atoms with Crippen molar-refractivity contribution in [2.75, 3.05) is 6.54 Å². The molecule has 5 nitrogen and oxygen atoms in total. The van der Waals surface area contributed by atoms with Gasteiger partial charge in [-0.15, -0.1) is 0 Å². The van der Waals surface area contributed by atoms with E-state index in [1.54, 1.807) is 19.1 Å². The quantitative estimate of drug-likeness (QED) is 0.510. The topological polar surface area (TPSA) is 65.5 Å². The Morgan fingerprint density at radius 3 is 2.48 bits per heavy atom. The van der Waals surface area contributed by atoms with Crippen molar-refractivity contribution in [1.82, 2.24) is 16.0 Å². The third kappa shape index (κ3) is 7.56. The Hall–Kier alpha value is -2.89. The minimum Gasteiger partial charge on any atom is -0.357 e. The summed E-state index contributed by atoms with van der Waals surface area (Å²) in [7, 11) is 0. The van der Waals surface area contributed by atoms with E-state index in [0.29, 0.717) is 30.2 Å². The summed E-state index contributed by atoms with van der Waals surface area (Å²) in [6.45, 7) is 11.3. The molecule has 0 aliphatic carbocycles. The van der Waals surface area contributed by atoms with Crippen LogP contribution in [0.4, 0.5) is 4.39 Å². The minimum atomic E-state index is -0.286. The van der Waals surface area contributed by atoms with Gasteiger partial charge in [0.2, 0.25) is 0 Å². The number of nitrogens with one attached hydrogen (secondary N) is 3. The summed E-state index contributed by atoms with van der Waals surface area (Å²) in [5, 5.41) is 9.43. The fourth-order valence-electron chi connectivity index (χ4n) is 2.74. The van der Waals surface area contributed by atoms with Crippen LogP contribution in [0.25, 0.3) is 0 Å². The fraction of sp³-hybridized carbons (Fsp3) is 0.391. The Kier molecular flexibility index (Phi) is 7.76. The summed E-state index contributed by atoms with van der Waals surface area (Å²) in [6, 6.07) is 12.5. The second-order valence-electron chi connectivity index (χ2n) is 8.04. The zero-order valence-electron chi connectivity index (χ0n) is 17.9. The van der Waals surface area contributed by atoms with Crippen LogP contribution in [-0.4, -0.2) is 24.0 Å². The smallest absolute Gasteiger partial charge is 0.251 e. The van der Waals surface area contributed by atoms with E-state index in [1.807, 2.05) is 52.0 Å². The van der Waals surface area contributed by atoms with Gasteiger partial charge < -0.3 is 16.0 Å². The largest absolute Gasteiger partial charge is 0.357 e. The first-order valence-electron chi connectivity index (χ1n) is 9.86. The summed E-state index contributed by atoms with van der Waals surface area (Å²) >= 11 is 0. The summed E-state index contributed by atoms with van der Waals surface area (Å²) < 4.78 is 13.4. The van der Waals surface area contributed by atoms with Crippen molar-refractivity contribution in [1.29, 1.82) is 0 Å². The molecular weight excluding hydrogens is 367 g/mol. The summed E-state index contributed by atoms with van der Waals surface area (Å²) in [6.07, 6.45) is 0. The van der Waals surface area contributed by atoms with E-state index in [1.165, 1.54) is 6.07 Å². The molecule has 0 aliphatic rings. The summed E-state index contributed by atoms with van der Waals surface area (Å²) in [5.41, 5.74) is 2.88. The number of amides is 1. The number of aryl methyl sites for hydroxylation is 1. The van der Waals surface area contributed by atoms with Gasteiger partial charge in [-0.25, -0.2) is 9.38 Å². The third-order valence-electron chi connectivity index (χ3n) is 4.12. The van der Waals surface area contributed by atoms with Crippen LogP contribution in [0.3, 0.4) is 0 Å². The Morgan fingerprint density at radius 2 is 1.83 bits per heavy atom. The number of aliphatic imine (C=N–C) groups is 1. The van der Waals surface area contributed by atoms with E-state index in [4.69, 9.17) is 0 Å². The lowest BCUT2D eigenvalue weighted by Gasteiger charge is -2.20. The highest BCUT2D eigenvalue weighted by molar-refractivity contribution is 5.94. The van der Waals surface area contributed by atoms with Gasteiger partial charge in [0.05, 0.1) is 6.54 Å². The van der Waals surface area contributed by atoms with Gasteiger partial charge in [-0.1, -0.05) is 24.3 Å². The Labute approximate surface area is 172 Å². The lowest BCUT2D eigenvalue weighted by Crippen LogP contribution is -2.40. The monoisotopic (exact) mass is 398 g/mol. The molecule has 2 aromatic carbocycles. The van der Waals surface area contributed by atoms with Crippen molar-refractivity contribution < 1.29 is 9.18 Å². The van der Waals surface area contributed by atoms with Crippen molar-refractivity contribution in [3.8, 4) is 0 Å². The number of hydrogen-bond donors (Lipinski definition) is 3. The van der Waals surface area contributed by atoms with Crippen LogP contribution < -0.4 is 16.0 Å². The molecule has 0 aliphatic heterocycles. The standard InChI is InChI=1S/C23H31FN4O/c1-6-25-22(27-15-18-10-11-20(24)16(2)12-18)26-14-17-8-7-9-19(13-17)21(29)28-23(3,4)5/h7-13H,6,14-15H2,1-5H3,(H,28,29)(H2,25,26,27). The normalized spacial score (nSPS) is 11.9. The lowest BCUT2D eigenvalue weighted by molar-refractivity contribution is 0.0919. The second kappa shape index (κ2) is 10.0. The Morgan fingerprint density at radius 1 is 1.07 bits per heavy atom. The molecule has 0 unspecified atom stereocenters. The number of halogens is 1. The number of carbonyl (C=O) groups excluding carboxylic acids is 1. The first kappa shape index (κ1) is 22.4. The molecule has 0 atom stereocenters. The van der Waals surface area contributed by atoms with Crippen LogP contribution in [-0.2, 0) is 13.1 Å². The highest BCUT2D eigenvalue weighted by Crippen LogP contribution is 2.10. The van der Waals surface area contributed by atoms with E-state index in [2.05, 4.69) is 20.9 Å². The Bertz CT molecular complexity index is 871. The molecule has 1 amide bonds. The number of hydrogen-bond acceptors (Lipinski definition) is 2. The molecule has 0 heterocycles. The highest BCUT2D eigenvalue weighted by atomic mass is 19.1. The van der Waals surface area contributed by atoms with Crippen molar-refractivity contribution in [3.05, 3.63) is 70.5 Å². The van der Waals surface area contributed by atoms with Crippen LogP contribution in [0.1, 0.15) is 54.7 Å². The molecule has 156 valence electrons. The predicted octanol–water partition coefficient (Wildman–Crippen LogP) is 3.92. The van der Waals surface area contributed by atoms with E-state index in [-0.39, 0.29) is 17.3 Å². The predicted molar refractivity (Wildman–Crippen MR) is 116 cm³/mol. The van der Waals surface area contributed by atoms with Gasteiger partial charge in [0, 0.05) is 24.2 Å². The molecule has 3 N–H and O–H groups in total. The average molecular weight is 399 g/mol. The third-order valence-corrected chi connectivity index (χ3v) is 4.12. The van der Waals surface area contributed by atoms with Gasteiger partial charge in [-0.3, -0.25) is 4.79 Å². The van der Waals surface area contributed by atoms with Crippen LogP contribution in [0.2, 0.25) is 0 Å². The molecule has 0 bridgehead atoms. The molecule has 6 heteroatoms. The number of rotatable bonds is 6. The molecule has 0 saturated carbocycles. The van der Waals surface area contributed by atoms with Crippen molar-refractivity contribution in [3.63, 3.8) is 0 Å². The maximum Gasteiger partial charge on any atom is 0.251 e. The van der Waals surface area contributed by atoms with Gasteiger partial charge in [0.25, 0.3) is 5.91 Å². The number of guanidine groups is 1. The maximum absolute atomic E-state index is 13.4. The molecular formula is C23H31FN4O. The average Bonchev–Trinajstić information content (AvgIpc) is 2.65. The van der Waals surface area contributed by atoms with Gasteiger partial charge in [-0.2, -0.15) is 0 Å². The number of benzene rings is 2. The number of carbonyl (C=O) groups is 1. The van der Waals surface area contributed by atoms with Crippen LogP contribution in [0.15, 0.2) is 47.5 Å². The van der Waals surface area contributed by atoms with Gasteiger partial charge in [-0.05, 0) is 69.5 Å². The summed E-state index contributed by atoms with van der Waals surface area (Å²) in [5.74, 6) is 0.365. The summed E-state index contributed by atoms with van der Waals surface area (Å²) in [4.78, 5) is 17.0. The van der Waals surface area contributed by atoms with E-state index in [0.717, 1.165) is 17.7 Å². The SMILES string of the molecule is CCNC(=NCc1cccc(C(=O)NC(C)(C)C)c1)NCc1ccc(F)c(C)c1. The first-order chi connectivity index (χ1) is 13.7. The van der Waals surface area contributed by atoms with E-state index < -0.39 is 0 Å². The fourth-order valence-corrected chi connectivity index (χ4v) is 2.74. The molecule has 0 radical (unpaired) electrons. The van der Waals surface area contributed by atoms with Crippen molar-refractivity contribution in [2.45, 2.75) is 53.2 Å². The van der Waals surface area contributed by atoms with E-state index in [9.17, 15) is 9.18 Å². The lowest BCUT2D eigenvalue weighted by atomic mass is 10.1. The van der Waals surface area contributed by atoms with Crippen LogP contribution in [0, 0.1) is 12.7 Å². The maximum atomic E-state index is 13.4. The van der Waals surface area contributed by atoms with Gasteiger partial charge in [0.15, 0.2) is 5.96 Å². The minimum absolute atomic E-state index is 0.0972. The van der Waals surface area contributed by atoms with E-state index >= 15 is 0 Å². The zero-order valence-corrected chi connectivity index (χ0v) is 17.9. The first-order valence-corrected chi connectivity index (χ1v) is 9.86. The van der Waals surface area contributed by atoms with Crippen molar-refractivity contribution >= 4 is 11.9 Å². The van der Waals surface area contributed by atoms with Crippen LogP contribution in [0.5, 0.6) is 0 Å². The second-order valence-corrected chi connectivity index (χ2v) is 8.04. The molecule has 0 spiro atoms. The van der Waals surface area contributed by atoms with Crippen molar-refractivity contribution in [2.24, 2.45) is 4.99 Å². The van der Waals surface area contributed by atoms with Gasteiger partial charge in [0.1, 0.15) is 5.82 Å². The highest BCUT2D eigenvalue weighted by Gasteiger charge is 2.15. The molecule has 29 heavy (non-hydrogen) atoms. The molecule has 2 aromatic rings. The van der Waals surface area contributed by atoms with Gasteiger partial charge >= 0.3 is 0 Å². The zero-order chi connectivity index (χ0) is 21.4. The molecule has 0 fully saturated rings. The molecule has 2 rings (SSSR count). The Balaban J connectivity index is 2.04. The number of nitrogens with zero attached hydrogens (tertiary/aromatic N) is 1. The molecule has 0 saturated heterocycles. The molecule has 0 aromatic heterocycles.